The molecule has 0 unspecified atom stereocenters. The van der Waals surface area contributed by atoms with Crippen LogP contribution in [0.15, 0.2) is 97.1 Å². The average Bonchev–Trinajstić information content (AvgIpc) is 3.39. The molecule has 0 bridgehead atoms. The zero-order chi connectivity index (χ0) is 67.4. The molecule has 0 aliphatic rings. The predicted molar refractivity (Wildman–Crippen MR) is 414 cm³/mol. The van der Waals surface area contributed by atoms with Crippen LogP contribution < -0.4 is 0 Å². The Balaban J connectivity index is -0.000000233. The molecule has 0 radical (unpaired) electrons. The molecule has 0 fully saturated rings. The van der Waals surface area contributed by atoms with Crippen molar-refractivity contribution in [3.05, 3.63) is 275 Å². The van der Waals surface area contributed by atoms with E-state index in [-0.39, 0.29) is 132 Å². The minimum Gasteiger partial charge on any atom is -0.788 e. The second-order valence-corrected chi connectivity index (χ2v) is 26.5. The second kappa shape index (κ2) is 55.4. The van der Waals surface area contributed by atoms with Gasteiger partial charge < -0.3 is 101 Å². The Labute approximate surface area is 710 Å². The van der Waals surface area contributed by atoms with Gasteiger partial charge >= 0.3 is 132 Å². The average molecular weight is 2500 g/mol. The molecule has 0 atom stereocenters. The normalized spacial score (nSPS) is 9.53. The van der Waals surface area contributed by atoms with Gasteiger partial charge in [-0.1, -0.05) is 186 Å². The fourth-order valence-electron chi connectivity index (χ4n) is 11.5. The van der Waals surface area contributed by atoms with E-state index in [2.05, 4.69) is 263 Å². The Morgan fingerprint density at radius 3 is 0.245 bits per heavy atom. The molecule has 0 aliphatic heterocycles. The van der Waals surface area contributed by atoms with Gasteiger partial charge in [0.25, 0.3) is 0 Å². The van der Waals surface area contributed by atoms with E-state index >= 15 is 0 Å². The summed E-state index contributed by atoms with van der Waals surface area (Å²) in [6.07, 6.45) is 0. The molecular formula is C80H104Au4Pt2S8. The smallest absolute Gasteiger partial charge is 0.788 e. The first kappa shape index (κ1) is 106. The third kappa shape index (κ3) is 37.4. The minimum absolute atomic E-state index is 0. The number of hydrogen-bond acceptors (Lipinski definition) is 8. The maximum absolute atomic E-state index is 5.04. The molecule has 8 aromatic rings. The maximum Gasteiger partial charge on any atom is 2.00 e. The fraction of sp³-hybridized carbons (Fsp3) is 0.400. The minimum atomic E-state index is 0. The summed E-state index contributed by atoms with van der Waals surface area (Å²) in [5.74, 6) is 5.87. The summed E-state index contributed by atoms with van der Waals surface area (Å²) in [7, 11) is 0. The SMILES string of the molecule is Cc1cc(C)c(C[S-])c(C)c1.Cc1cc(C)c(C[S-])c(C)c1.Cc1cc(C)c(C[S-])c(C)c1.Cc1cc(C)c(C[S-])c(C)c1.Cc1cc(C)c(C[S-])c(C)c1.Cc1cc(C)c(C[S-])c(C)c1.Cc1cc(C)c(C[S-])c(C)c1.Cc1cc(C)c(C[S-])c(C)c1.[Au+].[Au+].[Au+].[Au+].[Pt+2].[Pt+2]. The summed E-state index contributed by atoms with van der Waals surface area (Å²) in [6.45, 7) is 51.0. The van der Waals surface area contributed by atoms with Crippen molar-refractivity contribution in [2.45, 2.75) is 212 Å². The standard InChI is InChI=1S/8C10H14S.4Au.2Pt/c8*1-7-4-8(2)10(6-11)9(3)5-7;;;;;;/h8*4-5,11H,6H2,1-3H3;;;;;;/q;;;;;;;;4*+1;2*+2/p-8. The molecule has 536 valence electrons. The van der Waals surface area contributed by atoms with Crippen LogP contribution in [0.1, 0.15) is 178 Å². The number of aryl methyl sites for hydroxylation is 24. The Bertz CT molecular complexity index is 2650. The van der Waals surface area contributed by atoms with Crippen molar-refractivity contribution >= 4 is 101 Å². The van der Waals surface area contributed by atoms with E-state index < -0.39 is 0 Å². The largest absolute Gasteiger partial charge is 2.00 e. The van der Waals surface area contributed by atoms with E-state index in [1.54, 1.807) is 0 Å². The van der Waals surface area contributed by atoms with Crippen LogP contribution in [0.2, 0.25) is 0 Å². The summed E-state index contributed by atoms with van der Waals surface area (Å²) in [5, 5.41) is 0. The predicted octanol–water partition coefficient (Wildman–Crippen LogP) is 21.3. The van der Waals surface area contributed by atoms with Crippen LogP contribution in [-0.2, 0) is 279 Å². The number of hydrogen-bond donors (Lipinski definition) is 0. The van der Waals surface area contributed by atoms with Crippen LogP contribution >= 0.6 is 0 Å². The fourth-order valence-corrected chi connectivity index (χ4v) is 15.1. The molecule has 0 N–H and O–H groups in total. The Kier molecular flexibility index (Phi) is 62.4. The topological polar surface area (TPSA) is 0 Å². The van der Waals surface area contributed by atoms with Crippen LogP contribution in [0, 0.1) is 166 Å². The van der Waals surface area contributed by atoms with Gasteiger partial charge in [-0.05, 0) is 255 Å². The molecule has 14 heteroatoms. The van der Waals surface area contributed by atoms with Gasteiger partial charge in [0.15, 0.2) is 0 Å². The maximum atomic E-state index is 5.04. The molecule has 0 nitrogen and oxygen atoms in total. The van der Waals surface area contributed by atoms with Gasteiger partial charge in [-0.3, -0.25) is 0 Å². The molecule has 0 aromatic heterocycles. The summed E-state index contributed by atoms with van der Waals surface area (Å²) in [6, 6.07) is 35.0. The van der Waals surface area contributed by atoms with E-state index in [9.17, 15) is 0 Å². The van der Waals surface area contributed by atoms with E-state index in [0.717, 1.165) is 46.0 Å². The summed E-state index contributed by atoms with van der Waals surface area (Å²) >= 11 is 40.3. The zero-order valence-corrected chi connectivity index (χ0v) is 79.7. The van der Waals surface area contributed by atoms with Crippen LogP contribution in [0.5, 0.6) is 0 Å². The molecule has 94 heavy (non-hydrogen) atoms. The van der Waals surface area contributed by atoms with E-state index in [1.165, 1.54) is 178 Å². The van der Waals surface area contributed by atoms with Crippen molar-refractivity contribution in [2.24, 2.45) is 0 Å². The summed E-state index contributed by atoms with van der Waals surface area (Å²) in [4.78, 5) is 0. The molecule has 0 amide bonds. The van der Waals surface area contributed by atoms with Gasteiger partial charge in [-0.2, -0.15) is 46.0 Å². The van der Waals surface area contributed by atoms with Gasteiger partial charge in [0.2, 0.25) is 0 Å². The van der Waals surface area contributed by atoms with E-state index in [1.807, 2.05) is 0 Å². The summed E-state index contributed by atoms with van der Waals surface area (Å²) < 4.78 is 0. The second-order valence-electron chi connectivity index (χ2n) is 24.2. The molecule has 0 aliphatic carbocycles. The van der Waals surface area contributed by atoms with Crippen LogP contribution in [0.4, 0.5) is 0 Å². The van der Waals surface area contributed by atoms with Gasteiger partial charge in [0.05, 0.1) is 0 Å². The monoisotopic (exact) mass is 2500 g/mol. The van der Waals surface area contributed by atoms with Crippen LogP contribution in [0.3, 0.4) is 0 Å². The van der Waals surface area contributed by atoms with Gasteiger partial charge in [0, 0.05) is 0 Å². The number of benzene rings is 8. The van der Waals surface area contributed by atoms with E-state index in [0.29, 0.717) is 0 Å². The molecule has 8 aromatic carbocycles. The van der Waals surface area contributed by atoms with Gasteiger partial charge in [-0.25, -0.2) is 0 Å². The van der Waals surface area contributed by atoms with E-state index in [4.69, 9.17) is 101 Å². The Morgan fingerprint density at radius 1 is 0.149 bits per heavy atom. The van der Waals surface area contributed by atoms with Crippen molar-refractivity contribution in [3.8, 4) is 0 Å². The molecule has 0 spiro atoms. The van der Waals surface area contributed by atoms with Crippen molar-refractivity contribution in [3.63, 3.8) is 0 Å². The van der Waals surface area contributed by atoms with Crippen molar-refractivity contribution < 1.29 is 132 Å². The third-order valence-electron chi connectivity index (χ3n) is 15.9. The molecule has 8 rings (SSSR count). The summed E-state index contributed by atoms with van der Waals surface area (Å²) in [5.41, 5.74) is 42.5. The first-order valence-electron chi connectivity index (χ1n) is 30.4. The van der Waals surface area contributed by atoms with Gasteiger partial charge in [0.1, 0.15) is 0 Å². The first-order chi connectivity index (χ1) is 41.2. The van der Waals surface area contributed by atoms with Crippen molar-refractivity contribution in [1.82, 2.24) is 0 Å². The van der Waals surface area contributed by atoms with Gasteiger partial charge in [-0.15, -0.1) is 0 Å². The molecule has 0 heterocycles. The Morgan fingerprint density at radius 2 is 0.202 bits per heavy atom. The van der Waals surface area contributed by atoms with Crippen molar-refractivity contribution in [2.75, 3.05) is 0 Å². The molecule has 0 saturated carbocycles. The first-order valence-corrected chi connectivity index (χ1v) is 35.0. The quantitative estimate of drug-likeness (QED) is 0.108. The zero-order valence-electron chi connectivity index (χ0n) is 60.0. The Hall–Kier alpha value is 0.898. The van der Waals surface area contributed by atoms with Crippen molar-refractivity contribution in [1.29, 1.82) is 0 Å². The molecule has 0 saturated heterocycles. The van der Waals surface area contributed by atoms with Crippen LogP contribution in [0.25, 0.3) is 0 Å². The van der Waals surface area contributed by atoms with Crippen LogP contribution in [-0.4, -0.2) is 0 Å². The third-order valence-corrected chi connectivity index (χ3v) is 18.2. The number of rotatable bonds is 8. The molecular weight excluding hydrogens is 2400 g/mol.